The van der Waals surface area contributed by atoms with Crippen molar-refractivity contribution in [2.45, 2.75) is 44.7 Å². The molecule has 2 aliphatic rings. The highest BCUT2D eigenvalue weighted by molar-refractivity contribution is 6.31. The first-order valence-electron chi connectivity index (χ1n) is 13.1. The second-order valence-electron chi connectivity index (χ2n) is 10.3. The Kier molecular flexibility index (Phi) is 6.70. The lowest BCUT2D eigenvalue weighted by Crippen LogP contribution is -2.33. The summed E-state index contributed by atoms with van der Waals surface area (Å²) in [4.78, 5) is 7.51. The van der Waals surface area contributed by atoms with Crippen molar-refractivity contribution in [2.24, 2.45) is 5.92 Å². The number of benzene rings is 3. The molecule has 6 rings (SSSR count). The molecular weight excluding hydrogens is 485 g/mol. The fraction of sp³-hybridized carbons (Fsp3) is 0.333. The minimum atomic E-state index is -0.341. The van der Waals surface area contributed by atoms with Gasteiger partial charge in [0.05, 0.1) is 16.7 Å². The number of hydrogen-bond acceptors (Lipinski definition) is 4. The Labute approximate surface area is 221 Å². The first kappa shape index (κ1) is 24.1. The summed E-state index contributed by atoms with van der Waals surface area (Å²) in [5.41, 5.74) is 5.04. The van der Waals surface area contributed by atoms with E-state index in [4.69, 9.17) is 22.0 Å². The van der Waals surface area contributed by atoms with E-state index in [0.717, 1.165) is 56.0 Å². The van der Waals surface area contributed by atoms with Crippen LogP contribution in [0.5, 0.6) is 0 Å². The Hall–Kier alpha value is -3.22. The Morgan fingerprint density at radius 3 is 2.51 bits per heavy atom. The lowest BCUT2D eigenvalue weighted by molar-refractivity contribution is 0.200. The van der Waals surface area contributed by atoms with Gasteiger partial charge in [-0.15, -0.1) is 0 Å². The molecule has 1 saturated heterocycles. The molecule has 0 radical (unpaired) electrons. The van der Waals surface area contributed by atoms with E-state index < -0.39 is 0 Å². The molecule has 7 heteroatoms. The smallest absolute Gasteiger partial charge is 0.146 e. The maximum absolute atomic E-state index is 14.1. The van der Waals surface area contributed by atoms with Crippen LogP contribution in [0.3, 0.4) is 0 Å². The standard InChI is InChI=1S/C30H31ClFN5/c31-24-16-28(34-26-6-2-1-5-25(26)32)22(17-33)15-23(24)19-36-13-11-21(12-14-36)30-35-27-7-3-4-8-29(27)37(30)18-20-9-10-20/h1-8,15-17,20-21,33-34H,9-14,18-19H2. The lowest BCUT2D eigenvalue weighted by Gasteiger charge is -2.32. The van der Waals surface area contributed by atoms with Gasteiger partial charge in [0.1, 0.15) is 11.6 Å². The summed E-state index contributed by atoms with van der Waals surface area (Å²) in [5.74, 6) is 2.17. The Bertz CT molecular complexity index is 1440. The summed E-state index contributed by atoms with van der Waals surface area (Å²) >= 11 is 6.68. The topological polar surface area (TPSA) is 56.9 Å². The Morgan fingerprint density at radius 1 is 1.00 bits per heavy atom. The second-order valence-corrected chi connectivity index (χ2v) is 10.8. The third kappa shape index (κ3) is 5.13. The number of piperidine rings is 1. The van der Waals surface area contributed by atoms with Gasteiger partial charge in [-0.1, -0.05) is 35.9 Å². The van der Waals surface area contributed by atoms with Crippen molar-refractivity contribution in [2.75, 3.05) is 18.4 Å². The van der Waals surface area contributed by atoms with Crippen LogP contribution in [0.25, 0.3) is 11.0 Å². The van der Waals surface area contributed by atoms with E-state index in [1.807, 2.05) is 6.07 Å². The monoisotopic (exact) mass is 515 g/mol. The molecule has 0 bridgehead atoms. The number of aromatic nitrogens is 2. The van der Waals surface area contributed by atoms with Crippen molar-refractivity contribution in [3.05, 3.63) is 88.5 Å². The van der Waals surface area contributed by atoms with Crippen LogP contribution >= 0.6 is 11.6 Å². The summed E-state index contributed by atoms with van der Waals surface area (Å²) in [6, 6.07) is 18.8. The number of anilines is 2. The average Bonchev–Trinajstić information content (AvgIpc) is 3.67. The predicted octanol–water partition coefficient (Wildman–Crippen LogP) is 7.36. The molecule has 1 saturated carbocycles. The molecule has 2 N–H and O–H groups in total. The van der Waals surface area contributed by atoms with E-state index in [0.29, 0.717) is 27.9 Å². The minimum Gasteiger partial charge on any atom is -0.353 e. The van der Waals surface area contributed by atoms with Crippen LogP contribution in [0.2, 0.25) is 5.02 Å². The molecule has 1 aromatic heterocycles. The van der Waals surface area contributed by atoms with E-state index >= 15 is 0 Å². The van der Waals surface area contributed by atoms with Crippen molar-refractivity contribution in [1.82, 2.24) is 14.5 Å². The van der Waals surface area contributed by atoms with Gasteiger partial charge in [-0.2, -0.15) is 0 Å². The molecule has 0 atom stereocenters. The van der Waals surface area contributed by atoms with Crippen LogP contribution in [0, 0.1) is 17.1 Å². The zero-order valence-electron chi connectivity index (χ0n) is 20.8. The summed E-state index contributed by atoms with van der Waals surface area (Å²) in [6.07, 6.45) is 6.08. The average molecular weight is 516 g/mol. The van der Waals surface area contributed by atoms with Crippen LogP contribution in [-0.2, 0) is 13.1 Å². The zero-order chi connectivity index (χ0) is 25.4. The third-order valence-corrected chi connectivity index (χ3v) is 8.04. The molecule has 5 nitrogen and oxygen atoms in total. The van der Waals surface area contributed by atoms with Gasteiger partial charge in [-0.25, -0.2) is 9.37 Å². The van der Waals surface area contributed by atoms with Gasteiger partial charge in [0, 0.05) is 41.5 Å². The molecule has 1 aliphatic heterocycles. The SMILES string of the molecule is N=Cc1cc(CN2CCC(c3nc4ccccc4n3CC3CC3)CC2)c(Cl)cc1Nc1ccccc1F. The normalized spacial score (nSPS) is 16.8. The summed E-state index contributed by atoms with van der Waals surface area (Å²) in [5, 5.41) is 11.6. The molecule has 37 heavy (non-hydrogen) atoms. The van der Waals surface area contributed by atoms with Gasteiger partial charge in [-0.3, -0.25) is 4.90 Å². The molecule has 0 spiro atoms. The number of para-hydroxylation sites is 3. The van der Waals surface area contributed by atoms with E-state index in [9.17, 15) is 4.39 Å². The highest BCUT2D eigenvalue weighted by atomic mass is 35.5. The number of halogens is 2. The van der Waals surface area contributed by atoms with Gasteiger partial charge >= 0.3 is 0 Å². The van der Waals surface area contributed by atoms with Gasteiger partial charge in [0.2, 0.25) is 0 Å². The van der Waals surface area contributed by atoms with Crippen molar-refractivity contribution in [3.63, 3.8) is 0 Å². The molecular formula is C30H31ClFN5. The third-order valence-electron chi connectivity index (χ3n) is 7.69. The molecule has 0 amide bonds. The van der Waals surface area contributed by atoms with Crippen LogP contribution in [0.1, 0.15) is 48.6 Å². The van der Waals surface area contributed by atoms with Crippen LogP contribution in [0.4, 0.5) is 15.8 Å². The molecule has 4 aromatic rings. The molecule has 190 valence electrons. The lowest BCUT2D eigenvalue weighted by atomic mass is 9.95. The summed E-state index contributed by atoms with van der Waals surface area (Å²) in [7, 11) is 0. The molecule has 3 aromatic carbocycles. The highest BCUT2D eigenvalue weighted by Crippen LogP contribution is 2.36. The first-order chi connectivity index (χ1) is 18.1. The molecule has 2 heterocycles. The van der Waals surface area contributed by atoms with Crippen molar-refractivity contribution >= 4 is 40.2 Å². The van der Waals surface area contributed by atoms with Crippen molar-refractivity contribution < 1.29 is 4.39 Å². The van der Waals surface area contributed by atoms with Gasteiger partial charge < -0.3 is 15.3 Å². The molecule has 0 unspecified atom stereocenters. The number of fused-ring (bicyclic) bond motifs is 1. The number of nitrogens with one attached hydrogen (secondary N) is 2. The summed E-state index contributed by atoms with van der Waals surface area (Å²) in [6.45, 7) is 3.77. The number of rotatable bonds is 8. The second kappa shape index (κ2) is 10.3. The van der Waals surface area contributed by atoms with E-state index in [-0.39, 0.29) is 5.82 Å². The van der Waals surface area contributed by atoms with E-state index in [1.165, 1.54) is 36.5 Å². The predicted molar refractivity (Wildman–Crippen MR) is 149 cm³/mol. The van der Waals surface area contributed by atoms with Crippen LogP contribution in [-0.4, -0.2) is 33.8 Å². The fourth-order valence-electron chi connectivity index (χ4n) is 5.44. The van der Waals surface area contributed by atoms with Crippen LogP contribution < -0.4 is 5.32 Å². The van der Waals surface area contributed by atoms with Crippen molar-refractivity contribution in [1.29, 1.82) is 5.41 Å². The molecule has 1 aliphatic carbocycles. The largest absolute Gasteiger partial charge is 0.353 e. The minimum absolute atomic E-state index is 0.341. The Balaban J connectivity index is 1.15. The first-order valence-corrected chi connectivity index (χ1v) is 13.5. The number of nitrogens with zero attached hydrogens (tertiary/aromatic N) is 3. The van der Waals surface area contributed by atoms with Gasteiger partial charge in [0.15, 0.2) is 0 Å². The van der Waals surface area contributed by atoms with Gasteiger partial charge in [-0.05, 0) is 86.7 Å². The van der Waals surface area contributed by atoms with Crippen molar-refractivity contribution in [3.8, 4) is 0 Å². The van der Waals surface area contributed by atoms with E-state index in [2.05, 4.69) is 39.0 Å². The number of hydrogen-bond donors (Lipinski definition) is 2. The maximum Gasteiger partial charge on any atom is 0.146 e. The maximum atomic E-state index is 14.1. The van der Waals surface area contributed by atoms with Crippen LogP contribution in [0.15, 0.2) is 60.7 Å². The zero-order valence-corrected chi connectivity index (χ0v) is 21.5. The number of likely N-dealkylation sites (tertiary alicyclic amines) is 1. The fourth-order valence-corrected chi connectivity index (χ4v) is 5.66. The van der Waals surface area contributed by atoms with Gasteiger partial charge in [0.25, 0.3) is 0 Å². The number of imidazole rings is 1. The quantitative estimate of drug-likeness (QED) is 0.241. The molecule has 2 fully saturated rings. The van der Waals surface area contributed by atoms with E-state index in [1.54, 1.807) is 24.3 Å². The Morgan fingerprint density at radius 2 is 1.76 bits per heavy atom. The highest BCUT2D eigenvalue weighted by Gasteiger charge is 2.29. The summed E-state index contributed by atoms with van der Waals surface area (Å²) < 4.78 is 16.6.